The highest BCUT2D eigenvalue weighted by molar-refractivity contribution is 5.94. The highest BCUT2D eigenvalue weighted by Crippen LogP contribution is 2.35. The molecule has 0 aliphatic carbocycles. The lowest BCUT2D eigenvalue weighted by Crippen LogP contribution is -2.32. The van der Waals surface area contributed by atoms with Gasteiger partial charge in [-0.1, -0.05) is 35.5 Å². The number of nitrogens with zero attached hydrogens (tertiary/aromatic N) is 3. The molecule has 1 aromatic heterocycles. The molecule has 10 heteroatoms. The van der Waals surface area contributed by atoms with Crippen LogP contribution in [0, 0.1) is 0 Å². The minimum atomic E-state index is -4.47. The third-order valence-corrected chi connectivity index (χ3v) is 5.66. The largest absolute Gasteiger partial charge is 0.454 e. The Kier molecular flexibility index (Phi) is 6.32. The number of fused-ring (bicyclic) bond motifs is 1. The predicted molar refractivity (Wildman–Crippen MR) is 122 cm³/mol. The first-order valence-corrected chi connectivity index (χ1v) is 11.1. The molecule has 1 aliphatic rings. The van der Waals surface area contributed by atoms with Crippen LogP contribution in [-0.4, -0.2) is 34.3 Å². The Hall–Kier alpha value is -4.34. The molecule has 5 rings (SSSR count). The Labute approximate surface area is 204 Å². The SMILES string of the molecule is O=C(c1ccc(C(F)(F)F)cc1)N(CCc1nc(-c2ccc3c(c2)OCO3)no1)Cc1ccccc1. The van der Waals surface area contributed by atoms with Gasteiger partial charge in [0.05, 0.1) is 5.56 Å². The van der Waals surface area contributed by atoms with E-state index >= 15 is 0 Å². The average Bonchev–Trinajstić information content (AvgIpc) is 3.55. The Morgan fingerprint density at radius 1 is 0.944 bits per heavy atom. The van der Waals surface area contributed by atoms with Crippen LogP contribution in [0.2, 0.25) is 0 Å². The average molecular weight is 495 g/mol. The van der Waals surface area contributed by atoms with Gasteiger partial charge in [0.25, 0.3) is 5.91 Å². The van der Waals surface area contributed by atoms with E-state index in [9.17, 15) is 18.0 Å². The molecular weight excluding hydrogens is 475 g/mol. The van der Waals surface area contributed by atoms with Gasteiger partial charge in [0.15, 0.2) is 11.5 Å². The van der Waals surface area contributed by atoms with Gasteiger partial charge in [-0.15, -0.1) is 0 Å². The summed E-state index contributed by atoms with van der Waals surface area (Å²) >= 11 is 0. The predicted octanol–water partition coefficient (Wildman–Crippen LogP) is 5.37. The fourth-order valence-electron chi connectivity index (χ4n) is 3.78. The Morgan fingerprint density at radius 2 is 1.69 bits per heavy atom. The Balaban J connectivity index is 1.32. The summed E-state index contributed by atoms with van der Waals surface area (Å²) in [6, 6.07) is 18.8. The van der Waals surface area contributed by atoms with Crippen LogP contribution >= 0.6 is 0 Å². The molecule has 0 N–H and O–H groups in total. The van der Waals surface area contributed by atoms with Crippen molar-refractivity contribution in [3.8, 4) is 22.9 Å². The third kappa shape index (κ3) is 5.17. The van der Waals surface area contributed by atoms with Gasteiger partial charge in [-0.25, -0.2) is 0 Å². The summed E-state index contributed by atoms with van der Waals surface area (Å²) < 4.78 is 54.9. The fourth-order valence-corrected chi connectivity index (χ4v) is 3.78. The molecule has 0 bridgehead atoms. The number of amides is 1. The minimum absolute atomic E-state index is 0.153. The van der Waals surface area contributed by atoms with E-state index in [1.807, 2.05) is 30.3 Å². The zero-order valence-corrected chi connectivity index (χ0v) is 18.9. The van der Waals surface area contributed by atoms with Crippen LogP contribution in [0.5, 0.6) is 11.5 Å². The van der Waals surface area contributed by atoms with E-state index < -0.39 is 17.6 Å². The number of halogens is 3. The summed E-state index contributed by atoms with van der Waals surface area (Å²) in [4.78, 5) is 19.2. The first-order valence-electron chi connectivity index (χ1n) is 11.1. The lowest BCUT2D eigenvalue weighted by molar-refractivity contribution is -0.137. The standard InChI is InChI=1S/C26H20F3N3O4/c27-26(28,29)20-9-6-18(7-10-20)25(33)32(15-17-4-2-1-3-5-17)13-12-23-30-24(31-36-23)19-8-11-21-22(14-19)35-16-34-21/h1-11,14H,12-13,15-16H2. The number of carbonyl (C=O) groups is 1. The van der Waals surface area contributed by atoms with Crippen molar-refractivity contribution in [3.63, 3.8) is 0 Å². The van der Waals surface area contributed by atoms with Gasteiger partial charge < -0.3 is 18.9 Å². The summed E-state index contributed by atoms with van der Waals surface area (Å²) in [6.07, 6.45) is -4.21. The molecule has 3 aromatic carbocycles. The molecule has 0 radical (unpaired) electrons. The quantitative estimate of drug-likeness (QED) is 0.343. The maximum absolute atomic E-state index is 13.2. The van der Waals surface area contributed by atoms with Crippen molar-refractivity contribution >= 4 is 5.91 Å². The normalized spacial score (nSPS) is 12.5. The summed E-state index contributed by atoms with van der Waals surface area (Å²) in [5.74, 6) is 1.52. The second-order valence-corrected chi connectivity index (χ2v) is 8.12. The number of aromatic nitrogens is 2. The van der Waals surface area contributed by atoms with Crippen molar-refractivity contribution in [1.29, 1.82) is 0 Å². The highest BCUT2D eigenvalue weighted by atomic mass is 19.4. The minimum Gasteiger partial charge on any atom is -0.454 e. The first-order chi connectivity index (χ1) is 17.4. The first kappa shape index (κ1) is 23.4. The highest BCUT2D eigenvalue weighted by Gasteiger charge is 2.30. The van der Waals surface area contributed by atoms with Crippen molar-refractivity contribution in [3.05, 3.63) is 95.4 Å². The van der Waals surface area contributed by atoms with E-state index in [1.165, 1.54) is 12.1 Å². The van der Waals surface area contributed by atoms with Crippen molar-refractivity contribution in [2.75, 3.05) is 13.3 Å². The van der Waals surface area contributed by atoms with Gasteiger partial charge >= 0.3 is 6.18 Å². The number of hydrogen-bond donors (Lipinski definition) is 0. The summed E-state index contributed by atoms with van der Waals surface area (Å²) in [5.41, 5.74) is 0.918. The number of rotatable bonds is 7. The van der Waals surface area contributed by atoms with E-state index in [4.69, 9.17) is 14.0 Å². The van der Waals surface area contributed by atoms with Crippen molar-refractivity contribution in [1.82, 2.24) is 15.0 Å². The van der Waals surface area contributed by atoms with Crippen LogP contribution < -0.4 is 9.47 Å². The van der Waals surface area contributed by atoms with Gasteiger partial charge in [-0.2, -0.15) is 18.2 Å². The second kappa shape index (κ2) is 9.73. The van der Waals surface area contributed by atoms with Crippen LogP contribution in [0.4, 0.5) is 13.2 Å². The summed E-state index contributed by atoms with van der Waals surface area (Å²) in [5, 5.41) is 4.02. The van der Waals surface area contributed by atoms with Gasteiger partial charge in [0.2, 0.25) is 18.5 Å². The number of carbonyl (C=O) groups excluding carboxylic acids is 1. The van der Waals surface area contributed by atoms with Gasteiger partial charge in [-0.3, -0.25) is 4.79 Å². The van der Waals surface area contributed by atoms with E-state index in [0.717, 1.165) is 17.7 Å². The smallest absolute Gasteiger partial charge is 0.416 e. The van der Waals surface area contributed by atoms with Crippen LogP contribution in [-0.2, 0) is 19.1 Å². The lowest BCUT2D eigenvalue weighted by Gasteiger charge is -2.22. The lowest BCUT2D eigenvalue weighted by atomic mass is 10.1. The molecule has 0 saturated carbocycles. The van der Waals surface area contributed by atoms with Crippen molar-refractivity contribution in [2.45, 2.75) is 19.1 Å². The van der Waals surface area contributed by atoms with E-state index in [1.54, 1.807) is 23.1 Å². The van der Waals surface area contributed by atoms with E-state index in [-0.39, 0.29) is 31.9 Å². The Bertz CT molecular complexity index is 1360. The molecule has 0 fully saturated rings. The number of alkyl halides is 3. The maximum atomic E-state index is 13.2. The maximum Gasteiger partial charge on any atom is 0.416 e. The van der Waals surface area contributed by atoms with Gasteiger partial charge in [0, 0.05) is 30.6 Å². The summed E-state index contributed by atoms with van der Waals surface area (Å²) in [6.45, 7) is 0.641. The number of benzene rings is 3. The van der Waals surface area contributed by atoms with Crippen LogP contribution in [0.15, 0.2) is 77.3 Å². The molecule has 0 unspecified atom stereocenters. The van der Waals surface area contributed by atoms with Crippen molar-refractivity contribution in [2.24, 2.45) is 0 Å². The van der Waals surface area contributed by atoms with Crippen LogP contribution in [0.1, 0.15) is 27.4 Å². The monoisotopic (exact) mass is 495 g/mol. The third-order valence-electron chi connectivity index (χ3n) is 5.66. The molecule has 1 amide bonds. The van der Waals surface area contributed by atoms with Gasteiger partial charge in [0.1, 0.15) is 0 Å². The molecule has 0 spiro atoms. The van der Waals surface area contributed by atoms with Crippen LogP contribution in [0.3, 0.4) is 0 Å². The molecule has 0 saturated heterocycles. The van der Waals surface area contributed by atoms with Crippen LogP contribution in [0.25, 0.3) is 11.4 Å². The van der Waals surface area contributed by atoms with E-state index in [0.29, 0.717) is 28.8 Å². The molecule has 4 aromatic rings. The molecule has 1 aliphatic heterocycles. The topological polar surface area (TPSA) is 77.7 Å². The van der Waals surface area contributed by atoms with Crippen molar-refractivity contribution < 1.29 is 32.0 Å². The molecule has 7 nitrogen and oxygen atoms in total. The van der Waals surface area contributed by atoms with Gasteiger partial charge in [-0.05, 0) is 48.0 Å². The fraction of sp³-hybridized carbons (Fsp3) is 0.192. The molecule has 36 heavy (non-hydrogen) atoms. The molecule has 184 valence electrons. The molecular formula is C26H20F3N3O4. The van der Waals surface area contributed by atoms with E-state index in [2.05, 4.69) is 10.1 Å². The number of ether oxygens (including phenoxy) is 2. The second-order valence-electron chi connectivity index (χ2n) is 8.12. The Morgan fingerprint density at radius 3 is 2.44 bits per heavy atom. The zero-order chi connectivity index (χ0) is 25.1. The molecule has 2 heterocycles. The number of hydrogen-bond acceptors (Lipinski definition) is 6. The summed E-state index contributed by atoms with van der Waals surface area (Å²) in [7, 11) is 0. The molecule has 0 atom stereocenters. The zero-order valence-electron chi connectivity index (χ0n) is 18.9.